The molecule has 3 aromatic heterocycles. The Balaban J connectivity index is 1.41. The highest BCUT2D eigenvalue weighted by atomic mass is 19.4. The Kier molecular flexibility index (Phi) is 8.29. The van der Waals surface area contributed by atoms with E-state index in [-0.39, 0.29) is 12.2 Å². The smallest absolute Gasteiger partial charge is 0.417 e. The van der Waals surface area contributed by atoms with Crippen LogP contribution in [0.3, 0.4) is 0 Å². The molecule has 0 aliphatic heterocycles. The summed E-state index contributed by atoms with van der Waals surface area (Å²) >= 11 is 0. The topological polar surface area (TPSA) is 104 Å². The van der Waals surface area contributed by atoms with Gasteiger partial charge in [-0.05, 0) is 44.0 Å². The van der Waals surface area contributed by atoms with E-state index in [0.29, 0.717) is 44.2 Å². The lowest BCUT2D eigenvalue weighted by atomic mass is 10.2. The van der Waals surface area contributed by atoms with Gasteiger partial charge in [-0.1, -0.05) is 18.2 Å². The van der Waals surface area contributed by atoms with E-state index >= 15 is 0 Å². The van der Waals surface area contributed by atoms with Gasteiger partial charge in [0, 0.05) is 36.1 Å². The summed E-state index contributed by atoms with van der Waals surface area (Å²) in [6.07, 6.45) is -0.647. The average Bonchev–Trinajstić information content (AvgIpc) is 3.50. The van der Waals surface area contributed by atoms with Gasteiger partial charge in [-0.15, -0.1) is 10.2 Å². The zero-order valence-corrected chi connectivity index (χ0v) is 20.6. The maximum atomic E-state index is 12.8. The van der Waals surface area contributed by atoms with E-state index in [4.69, 9.17) is 14.6 Å². The van der Waals surface area contributed by atoms with Crippen molar-refractivity contribution in [1.29, 1.82) is 0 Å². The predicted molar refractivity (Wildman–Crippen MR) is 131 cm³/mol. The van der Waals surface area contributed by atoms with Crippen molar-refractivity contribution in [2.24, 2.45) is 0 Å². The number of rotatable bonds is 12. The fraction of sp³-hybridized carbons (Fsp3) is 0.308. The van der Waals surface area contributed by atoms with Crippen molar-refractivity contribution in [3.8, 4) is 23.3 Å². The first-order chi connectivity index (χ1) is 18.2. The van der Waals surface area contributed by atoms with Gasteiger partial charge in [-0.2, -0.15) is 13.2 Å². The second-order valence-electron chi connectivity index (χ2n) is 8.31. The molecule has 38 heavy (non-hydrogen) atoms. The predicted octanol–water partition coefficient (Wildman–Crippen LogP) is 4.90. The summed E-state index contributed by atoms with van der Waals surface area (Å²) in [5, 5.41) is 17.9. The summed E-state index contributed by atoms with van der Waals surface area (Å²) in [7, 11) is 0. The zero-order chi connectivity index (χ0) is 27.1. The molecule has 0 fully saturated rings. The molecule has 0 unspecified atom stereocenters. The number of ether oxygens (including phenoxy) is 2. The van der Waals surface area contributed by atoms with E-state index in [1.165, 1.54) is 10.7 Å². The highest BCUT2D eigenvalue weighted by Gasteiger charge is 2.30. The SMILES string of the molecule is CCOc1nn(-c2ccc(C(F)(F)F)cn2)cc1CCCOc1cc(CCC(=O)O)n(-c2ccccc2)n1. The summed E-state index contributed by atoms with van der Waals surface area (Å²) in [5.41, 5.74) is 1.44. The van der Waals surface area contributed by atoms with Gasteiger partial charge in [0.15, 0.2) is 5.82 Å². The summed E-state index contributed by atoms with van der Waals surface area (Å²) in [5.74, 6) is 0.0923. The Hall–Kier alpha value is -4.35. The molecule has 0 bridgehead atoms. The minimum atomic E-state index is -4.47. The number of para-hydroxylation sites is 1. The molecule has 0 saturated heterocycles. The quantitative estimate of drug-likeness (QED) is 0.260. The van der Waals surface area contributed by atoms with Crippen molar-refractivity contribution < 1.29 is 32.5 Å². The number of carboxylic acid groups (broad SMARTS) is 1. The van der Waals surface area contributed by atoms with Crippen LogP contribution in [0.4, 0.5) is 13.2 Å². The van der Waals surface area contributed by atoms with Crippen molar-refractivity contribution in [2.45, 2.75) is 38.8 Å². The average molecular weight is 530 g/mol. The maximum Gasteiger partial charge on any atom is 0.417 e. The number of hydrogen-bond donors (Lipinski definition) is 1. The molecule has 1 N–H and O–H groups in total. The standard InChI is InChI=1S/C26H26F3N5O4/c1-2-37-25-18(17-33(32-25)22-12-10-19(16-30-22)26(27,28)29)7-6-14-38-23-15-21(11-13-24(35)36)34(31-23)20-8-4-3-5-9-20/h3-5,8-10,12,15-17H,2,6-7,11,13-14H2,1H3,(H,35,36). The number of aromatic nitrogens is 5. The van der Waals surface area contributed by atoms with Crippen LogP contribution < -0.4 is 9.47 Å². The van der Waals surface area contributed by atoms with E-state index in [0.717, 1.165) is 29.2 Å². The number of carbonyl (C=O) groups is 1. The Morgan fingerprint density at radius 1 is 1.05 bits per heavy atom. The normalized spacial score (nSPS) is 11.5. The second-order valence-corrected chi connectivity index (χ2v) is 8.31. The fourth-order valence-corrected chi connectivity index (χ4v) is 3.74. The zero-order valence-electron chi connectivity index (χ0n) is 20.6. The summed E-state index contributed by atoms with van der Waals surface area (Å²) in [4.78, 5) is 14.9. The first kappa shape index (κ1) is 26.7. The third-order valence-corrected chi connectivity index (χ3v) is 5.54. The van der Waals surface area contributed by atoms with Crippen molar-refractivity contribution in [1.82, 2.24) is 24.5 Å². The molecule has 4 aromatic rings. The lowest BCUT2D eigenvalue weighted by Gasteiger charge is -2.06. The Morgan fingerprint density at radius 3 is 2.50 bits per heavy atom. The molecule has 0 amide bonds. The van der Waals surface area contributed by atoms with Gasteiger partial charge in [-0.25, -0.2) is 14.3 Å². The Bertz CT molecular complexity index is 1350. The molecule has 0 spiro atoms. The molecule has 0 radical (unpaired) electrons. The van der Waals surface area contributed by atoms with Crippen molar-refractivity contribution in [3.05, 3.63) is 77.7 Å². The van der Waals surface area contributed by atoms with Gasteiger partial charge < -0.3 is 14.6 Å². The van der Waals surface area contributed by atoms with Crippen LogP contribution in [0.2, 0.25) is 0 Å². The molecule has 4 rings (SSSR count). The van der Waals surface area contributed by atoms with Crippen LogP contribution in [-0.4, -0.2) is 48.8 Å². The number of aryl methyl sites for hydroxylation is 2. The summed E-state index contributed by atoms with van der Waals surface area (Å²) < 4.78 is 53.0. The maximum absolute atomic E-state index is 12.8. The van der Waals surface area contributed by atoms with E-state index in [9.17, 15) is 18.0 Å². The van der Waals surface area contributed by atoms with Crippen molar-refractivity contribution in [3.63, 3.8) is 0 Å². The van der Waals surface area contributed by atoms with E-state index in [1.54, 1.807) is 16.9 Å². The molecule has 0 saturated carbocycles. The molecule has 200 valence electrons. The molecular weight excluding hydrogens is 503 g/mol. The molecule has 1 aromatic carbocycles. The Morgan fingerprint density at radius 2 is 1.84 bits per heavy atom. The molecule has 12 heteroatoms. The first-order valence-corrected chi connectivity index (χ1v) is 12.0. The van der Waals surface area contributed by atoms with Gasteiger partial charge in [0.1, 0.15) is 0 Å². The van der Waals surface area contributed by atoms with Crippen molar-refractivity contribution >= 4 is 5.97 Å². The highest BCUT2D eigenvalue weighted by Crippen LogP contribution is 2.29. The van der Waals surface area contributed by atoms with Crippen LogP contribution in [0.25, 0.3) is 11.5 Å². The number of aliphatic carboxylic acids is 1. The van der Waals surface area contributed by atoms with Gasteiger partial charge >= 0.3 is 12.1 Å². The third kappa shape index (κ3) is 6.69. The van der Waals surface area contributed by atoms with E-state index < -0.39 is 17.7 Å². The van der Waals surface area contributed by atoms with Crippen LogP contribution in [-0.2, 0) is 23.8 Å². The van der Waals surface area contributed by atoms with Crippen LogP contribution in [0.15, 0.2) is 60.9 Å². The number of carboxylic acids is 1. The number of pyridine rings is 1. The van der Waals surface area contributed by atoms with E-state index in [2.05, 4.69) is 15.2 Å². The van der Waals surface area contributed by atoms with Crippen LogP contribution in [0, 0.1) is 0 Å². The summed E-state index contributed by atoms with van der Waals surface area (Å²) in [6, 6.07) is 13.3. The first-order valence-electron chi connectivity index (χ1n) is 12.0. The highest BCUT2D eigenvalue weighted by molar-refractivity contribution is 5.67. The molecular formula is C26H26F3N5O4. The second kappa shape index (κ2) is 11.8. The lowest BCUT2D eigenvalue weighted by Crippen LogP contribution is -2.07. The molecule has 0 aliphatic rings. The fourth-order valence-electron chi connectivity index (χ4n) is 3.74. The van der Waals surface area contributed by atoms with Crippen LogP contribution in [0.1, 0.15) is 36.6 Å². The lowest BCUT2D eigenvalue weighted by molar-refractivity contribution is -0.138. The largest absolute Gasteiger partial charge is 0.481 e. The van der Waals surface area contributed by atoms with E-state index in [1.807, 2.05) is 37.3 Å². The van der Waals surface area contributed by atoms with Gasteiger partial charge in [0.2, 0.25) is 11.8 Å². The van der Waals surface area contributed by atoms with Crippen LogP contribution >= 0.6 is 0 Å². The minimum absolute atomic E-state index is 0.0318. The molecule has 9 nitrogen and oxygen atoms in total. The molecule has 0 atom stereocenters. The summed E-state index contributed by atoms with van der Waals surface area (Å²) in [6.45, 7) is 2.50. The Labute approximate surface area is 216 Å². The molecule has 3 heterocycles. The number of benzene rings is 1. The third-order valence-electron chi connectivity index (χ3n) is 5.54. The monoisotopic (exact) mass is 529 g/mol. The number of hydrogen-bond acceptors (Lipinski definition) is 6. The molecule has 0 aliphatic carbocycles. The van der Waals surface area contributed by atoms with Gasteiger partial charge in [-0.3, -0.25) is 4.79 Å². The van der Waals surface area contributed by atoms with Crippen molar-refractivity contribution in [2.75, 3.05) is 13.2 Å². The van der Waals surface area contributed by atoms with Gasteiger partial charge in [0.25, 0.3) is 0 Å². The van der Waals surface area contributed by atoms with Crippen LogP contribution in [0.5, 0.6) is 11.8 Å². The minimum Gasteiger partial charge on any atom is -0.481 e. The number of alkyl halides is 3. The number of nitrogens with zero attached hydrogens (tertiary/aromatic N) is 5. The number of halogens is 3. The van der Waals surface area contributed by atoms with Gasteiger partial charge in [0.05, 0.1) is 30.9 Å².